The largest absolute Gasteiger partial charge is 0.493 e. The lowest BCUT2D eigenvalue weighted by atomic mass is 10.1. The summed E-state index contributed by atoms with van der Waals surface area (Å²) in [7, 11) is 3.31. The van der Waals surface area contributed by atoms with Crippen molar-refractivity contribution < 1.29 is 14.0 Å². The Bertz CT molecular complexity index is 611. The van der Waals surface area contributed by atoms with E-state index in [1.54, 1.807) is 26.0 Å². The number of rotatable bonds is 5. The monoisotopic (exact) mass is 291 g/mol. The Hall–Kier alpha value is -1.62. The molecule has 2 atom stereocenters. The zero-order valence-corrected chi connectivity index (χ0v) is 12.6. The van der Waals surface area contributed by atoms with E-state index >= 15 is 0 Å². The van der Waals surface area contributed by atoms with Gasteiger partial charge in [0.1, 0.15) is 10.8 Å². The van der Waals surface area contributed by atoms with Crippen LogP contribution in [0.4, 0.5) is 0 Å². The van der Waals surface area contributed by atoms with Crippen LogP contribution >= 0.6 is 11.8 Å². The van der Waals surface area contributed by atoms with Crippen LogP contribution < -0.4 is 9.47 Å². The highest BCUT2D eigenvalue weighted by Crippen LogP contribution is 2.55. The summed E-state index contributed by atoms with van der Waals surface area (Å²) in [5.41, 5.74) is 1.26. The third-order valence-corrected chi connectivity index (χ3v) is 4.32. The first kappa shape index (κ1) is 13.4. The lowest BCUT2D eigenvalue weighted by Crippen LogP contribution is -1.92. The molecule has 20 heavy (non-hydrogen) atoms. The maximum absolute atomic E-state index is 5.41. The Balaban J connectivity index is 1.78. The summed E-state index contributed by atoms with van der Waals surface area (Å²) in [6.45, 7) is 0. The molecule has 4 nitrogen and oxygen atoms in total. The summed E-state index contributed by atoms with van der Waals surface area (Å²) in [5, 5.41) is 4.97. The Labute approximate surface area is 122 Å². The summed E-state index contributed by atoms with van der Waals surface area (Å²) in [6, 6.07) is 8.14. The Morgan fingerprint density at radius 2 is 1.95 bits per heavy atom. The van der Waals surface area contributed by atoms with Crippen molar-refractivity contribution in [1.29, 1.82) is 0 Å². The van der Waals surface area contributed by atoms with Gasteiger partial charge in [0.25, 0.3) is 0 Å². The molecular formula is C15H17NO3S. The van der Waals surface area contributed by atoms with Gasteiger partial charge < -0.3 is 14.0 Å². The number of hydrogen-bond donors (Lipinski definition) is 0. The fourth-order valence-corrected chi connectivity index (χ4v) is 2.85. The Morgan fingerprint density at radius 1 is 1.15 bits per heavy atom. The van der Waals surface area contributed by atoms with E-state index in [1.807, 2.05) is 18.4 Å². The highest BCUT2D eigenvalue weighted by molar-refractivity contribution is 7.98. The summed E-state index contributed by atoms with van der Waals surface area (Å²) >= 11 is 1.60. The van der Waals surface area contributed by atoms with Crippen LogP contribution in [0.3, 0.4) is 0 Å². The minimum absolute atomic E-state index is 0.432. The molecule has 1 heterocycles. The predicted molar refractivity (Wildman–Crippen MR) is 77.9 cm³/mol. The third-order valence-electron chi connectivity index (χ3n) is 3.71. The van der Waals surface area contributed by atoms with E-state index in [0.717, 1.165) is 28.7 Å². The van der Waals surface area contributed by atoms with Gasteiger partial charge in [0.15, 0.2) is 11.5 Å². The lowest BCUT2D eigenvalue weighted by molar-refractivity contribution is 0.354. The molecule has 106 valence electrons. The number of thioether (sulfide) groups is 1. The van der Waals surface area contributed by atoms with Crippen LogP contribution in [0.2, 0.25) is 0 Å². The minimum atomic E-state index is 0.432. The molecule has 1 aliphatic carbocycles. The molecule has 0 saturated heterocycles. The topological polar surface area (TPSA) is 44.5 Å². The normalized spacial score (nSPS) is 20.8. The Kier molecular flexibility index (Phi) is 3.61. The van der Waals surface area contributed by atoms with Crippen LogP contribution in [0.15, 0.2) is 33.8 Å². The second-order valence-electron chi connectivity index (χ2n) is 4.83. The second kappa shape index (κ2) is 5.40. The molecule has 2 unspecified atom stereocenters. The van der Waals surface area contributed by atoms with E-state index in [1.165, 1.54) is 5.56 Å². The number of ether oxygens (including phenoxy) is 2. The molecule has 1 aromatic heterocycles. The number of methoxy groups -OCH3 is 2. The molecule has 0 amide bonds. The van der Waals surface area contributed by atoms with Crippen molar-refractivity contribution in [3.63, 3.8) is 0 Å². The minimum Gasteiger partial charge on any atom is -0.493 e. The van der Waals surface area contributed by atoms with Crippen LogP contribution in [0, 0.1) is 0 Å². The van der Waals surface area contributed by atoms with Crippen molar-refractivity contribution in [3.8, 4) is 11.5 Å². The molecule has 2 aromatic rings. The van der Waals surface area contributed by atoms with Crippen molar-refractivity contribution in [2.45, 2.75) is 23.3 Å². The summed E-state index contributed by atoms with van der Waals surface area (Å²) < 4.78 is 16.0. The average Bonchev–Trinajstić information content (AvgIpc) is 3.15. The summed E-state index contributed by atoms with van der Waals surface area (Å²) in [5.74, 6) is 3.43. The molecule has 0 radical (unpaired) electrons. The summed E-state index contributed by atoms with van der Waals surface area (Å²) in [6.07, 6.45) is 3.10. The van der Waals surface area contributed by atoms with Gasteiger partial charge in [-0.1, -0.05) is 11.2 Å². The number of nitrogens with zero attached hydrogens (tertiary/aromatic N) is 1. The van der Waals surface area contributed by atoms with Gasteiger partial charge in [-0.25, -0.2) is 0 Å². The smallest absolute Gasteiger partial charge is 0.160 e. The van der Waals surface area contributed by atoms with Gasteiger partial charge >= 0.3 is 0 Å². The van der Waals surface area contributed by atoms with E-state index in [0.29, 0.717) is 11.8 Å². The maximum atomic E-state index is 5.41. The molecule has 1 aliphatic rings. The lowest BCUT2D eigenvalue weighted by Gasteiger charge is -2.09. The average molecular weight is 291 g/mol. The van der Waals surface area contributed by atoms with Crippen LogP contribution in [0.25, 0.3) is 0 Å². The van der Waals surface area contributed by atoms with Crippen LogP contribution in [-0.2, 0) is 0 Å². The van der Waals surface area contributed by atoms with Gasteiger partial charge in [-0.15, -0.1) is 11.8 Å². The highest BCUT2D eigenvalue weighted by Gasteiger charge is 2.42. The van der Waals surface area contributed by atoms with E-state index in [9.17, 15) is 0 Å². The van der Waals surface area contributed by atoms with Gasteiger partial charge in [0, 0.05) is 12.0 Å². The van der Waals surface area contributed by atoms with Gasteiger partial charge in [-0.3, -0.25) is 0 Å². The number of benzene rings is 1. The molecule has 0 bridgehead atoms. The van der Waals surface area contributed by atoms with Crippen LogP contribution in [0.1, 0.15) is 29.6 Å². The SMILES string of the molecule is COc1ccc(C2CC2c2cc(SC)no2)cc1OC. The fourth-order valence-electron chi connectivity index (χ4n) is 2.50. The predicted octanol–water partition coefficient (Wildman–Crippen LogP) is 3.68. The highest BCUT2D eigenvalue weighted by atomic mass is 32.2. The van der Waals surface area contributed by atoms with Gasteiger partial charge in [0.2, 0.25) is 0 Å². The fraction of sp³-hybridized carbons (Fsp3) is 0.400. The molecule has 0 N–H and O–H groups in total. The molecule has 0 spiro atoms. The molecule has 1 saturated carbocycles. The zero-order chi connectivity index (χ0) is 14.1. The number of aromatic nitrogens is 1. The molecule has 3 rings (SSSR count). The number of hydrogen-bond acceptors (Lipinski definition) is 5. The van der Waals surface area contributed by atoms with Crippen molar-refractivity contribution in [2.75, 3.05) is 20.5 Å². The quantitative estimate of drug-likeness (QED) is 0.786. The van der Waals surface area contributed by atoms with E-state index in [-0.39, 0.29) is 0 Å². The molecular weight excluding hydrogens is 274 g/mol. The van der Waals surface area contributed by atoms with E-state index in [2.05, 4.69) is 17.3 Å². The van der Waals surface area contributed by atoms with Crippen LogP contribution in [-0.4, -0.2) is 25.6 Å². The van der Waals surface area contributed by atoms with Gasteiger partial charge in [-0.2, -0.15) is 0 Å². The zero-order valence-electron chi connectivity index (χ0n) is 11.8. The Morgan fingerprint density at radius 3 is 2.60 bits per heavy atom. The van der Waals surface area contributed by atoms with Crippen LogP contribution in [0.5, 0.6) is 11.5 Å². The second-order valence-corrected chi connectivity index (χ2v) is 5.66. The molecule has 0 aliphatic heterocycles. The molecule has 1 fully saturated rings. The first-order valence-electron chi connectivity index (χ1n) is 6.49. The molecule has 1 aromatic carbocycles. The first-order valence-corrected chi connectivity index (χ1v) is 7.71. The van der Waals surface area contributed by atoms with Gasteiger partial charge in [0.05, 0.1) is 14.2 Å². The standard InChI is InChI=1S/C15H17NO3S/c1-17-12-5-4-9(6-14(12)18-2)10-7-11(10)13-8-15(20-3)16-19-13/h4-6,8,10-11H,7H2,1-3H3. The molecule has 5 heteroatoms. The van der Waals surface area contributed by atoms with Crippen molar-refractivity contribution >= 4 is 11.8 Å². The van der Waals surface area contributed by atoms with E-state index in [4.69, 9.17) is 14.0 Å². The van der Waals surface area contributed by atoms with Crippen molar-refractivity contribution in [1.82, 2.24) is 5.16 Å². The van der Waals surface area contributed by atoms with Crippen molar-refractivity contribution in [2.24, 2.45) is 0 Å². The van der Waals surface area contributed by atoms with Gasteiger partial charge in [-0.05, 0) is 36.3 Å². The maximum Gasteiger partial charge on any atom is 0.160 e. The summed E-state index contributed by atoms with van der Waals surface area (Å²) in [4.78, 5) is 0. The van der Waals surface area contributed by atoms with Crippen molar-refractivity contribution in [3.05, 3.63) is 35.6 Å². The third kappa shape index (κ3) is 2.38. The first-order chi connectivity index (χ1) is 9.76. The van der Waals surface area contributed by atoms with E-state index < -0.39 is 0 Å².